The van der Waals surface area contributed by atoms with Gasteiger partial charge in [-0.15, -0.1) is 24.0 Å². The van der Waals surface area contributed by atoms with E-state index >= 15 is 0 Å². The zero-order valence-electron chi connectivity index (χ0n) is 7.02. The third kappa shape index (κ3) is 1.25. The SMILES string of the molecule is Nc1c(S)cc2ccsc2c1C(=O)O. The summed E-state index contributed by atoms with van der Waals surface area (Å²) in [5.74, 6) is -1.01. The molecule has 1 aromatic carbocycles. The summed E-state index contributed by atoms with van der Waals surface area (Å²) in [5.41, 5.74) is 6.05. The van der Waals surface area contributed by atoms with Crippen molar-refractivity contribution in [3.63, 3.8) is 0 Å². The lowest BCUT2D eigenvalue weighted by Gasteiger charge is -2.04. The van der Waals surface area contributed by atoms with Crippen molar-refractivity contribution in [3.05, 3.63) is 23.1 Å². The van der Waals surface area contributed by atoms with Gasteiger partial charge in [-0.1, -0.05) is 0 Å². The van der Waals surface area contributed by atoms with Gasteiger partial charge in [-0.2, -0.15) is 0 Å². The number of hydrogen-bond acceptors (Lipinski definition) is 4. The first-order valence-electron chi connectivity index (χ1n) is 3.83. The van der Waals surface area contributed by atoms with Crippen LogP contribution in [0.2, 0.25) is 0 Å². The van der Waals surface area contributed by atoms with E-state index in [1.165, 1.54) is 11.3 Å². The van der Waals surface area contributed by atoms with Gasteiger partial charge in [0.25, 0.3) is 0 Å². The molecule has 0 amide bonds. The van der Waals surface area contributed by atoms with E-state index in [-0.39, 0.29) is 11.3 Å². The second kappa shape index (κ2) is 3.18. The average Bonchev–Trinajstić information content (AvgIpc) is 2.52. The van der Waals surface area contributed by atoms with Crippen LogP contribution in [0.25, 0.3) is 10.1 Å². The molecule has 0 aliphatic carbocycles. The number of aromatic carboxylic acids is 1. The van der Waals surface area contributed by atoms with E-state index in [4.69, 9.17) is 10.8 Å². The molecule has 72 valence electrons. The molecule has 0 aliphatic heterocycles. The molecule has 0 unspecified atom stereocenters. The van der Waals surface area contributed by atoms with Crippen LogP contribution in [-0.4, -0.2) is 11.1 Å². The number of thiophene rings is 1. The number of thiol groups is 1. The summed E-state index contributed by atoms with van der Waals surface area (Å²) in [7, 11) is 0. The number of hydrogen-bond donors (Lipinski definition) is 3. The molecule has 0 saturated heterocycles. The first-order chi connectivity index (χ1) is 6.61. The fraction of sp³-hybridized carbons (Fsp3) is 0. The number of carboxylic acids is 1. The Balaban J connectivity index is 2.93. The monoisotopic (exact) mass is 225 g/mol. The minimum absolute atomic E-state index is 0.155. The molecule has 2 aromatic rings. The summed E-state index contributed by atoms with van der Waals surface area (Å²) in [6.45, 7) is 0. The quantitative estimate of drug-likeness (QED) is 0.516. The van der Waals surface area contributed by atoms with Gasteiger partial charge in [-0.3, -0.25) is 0 Å². The van der Waals surface area contributed by atoms with Crippen molar-refractivity contribution in [2.75, 3.05) is 5.73 Å². The molecule has 0 bridgehead atoms. The van der Waals surface area contributed by atoms with Crippen LogP contribution >= 0.6 is 24.0 Å². The lowest BCUT2D eigenvalue weighted by atomic mass is 10.1. The van der Waals surface area contributed by atoms with Crippen LogP contribution < -0.4 is 5.73 Å². The van der Waals surface area contributed by atoms with Crippen LogP contribution in [0.5, 0.6) is 0 Å². The molecule has 0 radical (unpaired) electrons. The molecule has 0 atom stereocenters. The molecule has 3 N–H and O–H groups in total. The summed E-state index contributed by atoms with van der Waals surface area (Å²) in [6.07, 6.45) is 0. The average molecular weight is 225 g/mol. The normalized spacial score (nSPS) is 10.6. The maximum Gasteiger partial charge on any atom is 0.339 e. The summed E-state index contributed by atoms with van der Waals surface area (Å²) >= 11 is 5.50. The topological polar surface area (TPSA) is 63.3 Å². The third-order valence-electron chi connectivity index (χ3n) is 1.97. The van der Waals surface area contributed by atoms with Crippen LogP contribution in [-0.2, 0) is 0 Å². The number of benzene rings is 1. The highest BCUT2D eigenvalue weighted by Gasteiger charge is 2.16. The lowest BCUT2D eigenvalue weighted by molar-refractivity contribution is 0.0700. The maximum atomic E-state index is 11.0. The van der Waals surface area contributed by atoms with Crippen molar-refractivity contribution in [2.45, 2.75) is 4.90 Å². The van der Waals surface area contributed by atoms with Crippen LogP contribution in [0, 0.1) is 0 Å². The van der Waals surface area contributed by atoms with Crippen molar-refractivity contribution in [1.82, 2.24) is 0 Å². The van der Waals surface area contributed by atoms with Crippen molar-refractivity contribution in [1.29, 1.82) is 0 Å². The van der Waals surface area contributed by atoms with Gasteiger partial charge in [-0.05, 0) is 22.9 Å². The predicted octanol–water partition coefficient (Wildman–Crippen LogP) is 2.47. The second-order valence-corrected chi connectivity index (χ2v) is 4.23. The van der Waals surface area contributed by atoms with Gasteiger partial charge in [-0.25, -0.2) is 4.79 Å². The van der Waals surface area contributed by atoms with Crippen molar-refractivity contribution < 1.29 is 9.90 Å². The highest BCUT2D eigenvalue weighted by Crippen LogP contribution is 2.33. The Morgan fingerprint density at radius 1 is 1.57 bits per heavy atom. The predicted molar refractivity (Wildman–Crippen MR) is 60.4 cm³/mol. The number of anilines is 1. The standard InChI is InChI=1S/C9H7NO2S2/c10-7-5(13)3-4-1-2-14-8(4)6(7)9(11)12/h1-3,13H,10H2,(H,11,12). The summed E-state index contributed by atoms with van der Waals surface area (Å²) in [5, 5.41) is 11.7. The first kappa shape index (κ1) is 9.36. The maximum absolute atomic E-state index is 11.0. The van der Waals surface area contributed by atoms with Crippen molar-refractivity contribution in [3.8, 4) is 0 Å². The zero-order chi connectivity index (χ0) is 10.3. The minimum atomic E-state index is -1.01. The van der Waals surface area contributed by atoms with E-state index in [0.29, 0.717) is 9.60 Å². The number of carbonyl (C=O) groups is 1. The fourth-order valence-corrected chi connectivity index (χ4v) is 2.50. The van der Waals surface area contributed by atoms with E-state index in [9.17, 15) is 4.79 Å². The molecular formula is C9H7NO2S2. The summed E-state index contributed by atoms with van der Waals surface area (Å²) in [6, 6.07) is 3.63. The van der Waals surface area contributed by atoms with Crippen LogP contribution in [0.1, 0.15) is 10.4 Å². The molecule has 3 nitrogen and oxygen atoms in total. The van der Waals surface area contributed by atoms with Crippen LogP contribution in [0.4, 0.5) is 5.69 Å². The zero-order valence-corrected chi connectivity index (χ0v) is 8.73. The largest absolute Gasteiger partial charge is 0.478 e. The van der Waals surface area contributed by atoms with Gasteiger partial charge in [0, 0.05) is 4.90 Å². The Bertz CT molecular complexity index is 519. The molecule has 1 heterocycles. The minimum Gasteiger partial charge on any atom is -0.478 e. The number of carboxylic acid groups (broad SMARTS) is 1. The van der Waals surface area contributed by atoms with Gasteiger partial charge in [0.05, 0.1) is 10.4 Å². The summed E-state index contributed by atoms with van der Waals surface area (Å²) < 4.78 is 0.702. The molecule has 5 heteroatoms. The molecule has 0 saturated carbocycles. The number of fused-ring (bicyclic) bond motifs is 1. The highest BCUT2D eigenvalue weighted by molar-refractivity contribution is 7.80. The molecule has 0 fully saturated rings. The van der Waals surface area contributed by atoms with Crippen molar-refractivity contribution in [2.24, 2.45) is 0 Å². The highest BCUT2D eigenvalue weighted by atomic mass is 32.1. The van der Waals surface area contributed by atoms with E-state index < -0.39 is 5.97 Å². The Hall–Kier alpha value is -1.20. The number of nitrogens with two attached hydrogens (primary N) is 1. The molecule has 14 heavy (non-hydrogen) atoms. The van der Waals surface area contributed by atoms with Gasteiger partial charge >= 0.3 is 5.97 Å². The van der Waals surface area contributed by atoms with E-state index in [1.54, 1.807) is 6.07 Å². The Morgan fingerprint density at radius 3 is 2.93 bits per heavy atom. The van der Waals surface area contributed by atoms with E-state index in [2.05, 4.69) is 12.6 Å². The van der Waals surface area contributed by atoms with Gasteiger partial charge in [0.15, 0.2) is 0 Å². The first-order valence-corrected chi connectivity index (χ1v) is 5.16. The smallest absolute Gasteiger partial charge is 0.339 e. The molecule has 0 aliphatic rings. The van der Waals surface area contributed by atoms with Crippen molar-refractivity contribution >= 4 is 45.7 Å². The Kier molecular flexibility index (Phi) is 2.13. The Morgan fingerprint density at radius 2 is 2.29 bits per heavy atom. The van der Waals surface area contributed by atoms with E-state index in [0.717, 1.165) is 5.39 Å². The fourth-order valence-electron chi connectivity index (χ4n) is 1.32. The molecular weight excluding hydrogens is 218 g/mol. The van der Waals surface area contributed by atoms with Gasteiger partial charge in [0.2, 0.25) is 0 Å². The lowest BCUT2D eigenvalue weighted by Crippen LogP contribution is -2.03. The molecule has 2 rings (SSSR count). The van der Waals surface area contributed by atoms with Gasteiger partial charge in [0.1, 0.15) is 5.56 Å². The number of nitrogen functional groups attached to an aromatic ring is 1. The van der Waals surface area contributed by atoms with Gasteiger partial charge < -0.3 is 10.8 Å². The molecule has 1 aromatic heterocycles. The third-order valence-corrected chi connectivity index (χ3v) is 3.29. The van der Waals surface area contributed by atoms with E-state index in [1.807, 2.05) is 11.4 Å². The second-order valence-electron chi connectivity index (χ2n) is 2.83. The van der Waals surface area contributed by atoms with Crippen LogP contribution in [0.3, 0.4) is 0 Å². The Labute approximate surface area is 89.6 Å². The number of rotatable bonds is 1. The summed E-state index contributed by atoms with van der Waals surface area (Å²) in [4.78, 5) is 11.5. The van der Waals surface area contributed by atoms with Crippen LogP contribution in [0.15, 0.2) is 22.4 Å². The molecule has 0 spiro atoms.